The Kier molecular flexibility index (Phi) is 6.24. The fraction of sp³-hybridized carbons (Fsp3) is 0.0952. The monoisotopic (exact) mass is 395 g/mol. The summed E-state index contributed by atoms with van der Waals surface area (Å²) in [4.78, 5) is 28.7. The minimum atomic E-state index is -0.492. The van der Waals surface area contributed by atoms with Gasteiger partial charge in [-0.1, -0.05) is 23.7 Å². The normalized spacial score (nSPS) is 10.2. The first-order chi connectivity index (χ1) is 13.6. The highest BCUT2D eigenvalue weighted by molar-refractivity contribution is 6.30. The summed E-state index contributed by atoms with van der Waals surface area (Å²) < 4.78 is 5.01. The molecule has 0 unspecified atom stereocenters. The number of hydrogen-bond acceptors (Lipinski definition) is 5. The molecule has 1 amide bonds. The van der Waals surface area contributed by atoms with Gasteiger partial charge in [0.25, 0.3) is 5.91 Å². The molecule has 0 fully saturated rings. The number of halogens is 1. The Bertz CT molecular complexity index is 973. The van der Waals surface area contributed by atoms with Gasteiger partial charge in [0.1, 0.15) is 5.69 Å². The average molecular weight is 396 g/mol. The van der Waals surface area contributed by atoms with E-state index in [9.17, 15) is 9.59 Å². The van der Waals surface area contributed by atoms with Crippen molar-refractivity contribution in [2.24, 2.45) is 0 Å². The number of carbonyl (C=O) groups excluding carboxylic acids is 2. The van der Waals surface area contributed by atoms with Gasteiger partial charge in [0, 0.05) is 10.7 Å². The van der Waals surface area contributed by atoms with Crippen LogP contribution in [0.25, 0.3) is 0 Å². The lowest BCUT2D eigenvalue weighted by Gasteiger charge is -2.10. The van der Waals surface area contributed by atoms with Crippen LogP contribution < -0.4 is 10.6 Å². The third kappa shape index (κ3) is 4.86. The zero-order valence-corrected chi connectivity index (χ0v) is 15.9. The number of ether oxygens (including phenoxy) is 1. The number of nitrogens with zero attached hydrogens (tertiary/aromatic N) is 1. The molecule has 7 heteroatoms. The standard InChI is InChI=1S/C21H18ClN3O3/c1-2-28-21(27)17-5-3-4-6-18(17)25-20(26)19-12-11-16(13-23-19)24-15-9-7-14(22)8-10-15/h3-13,24H,2H2,1H3,(H,25,26). The van der Waals surface area contributed by atoms with Gasteiger partial charge in [-0.15, -0.1) is 0 Å². The van der Waals surface area contributed by atoms with E-state index in [0.717, 1.165) is 11.4 Å². The highest BCUT2D eigenvalue weighted by Crippen LogP contribution is 2.20. The van der Waals surface area contributed by atoms with Crippen molar-refractivity contribution in [2.45, 2.75) is 6.92 Å². The van der Waals surface area contributed by atoms with E-state index in [1.54, 1.807) is 61.7 Å². The topological polar surface area (TPSA) is 80.3 Å². The molecular weight excluding hydrogens is 378 g/mol. The van der Waals surface area contributed by atoms with E-state index in [0.29, 0.717) is 16.3 Å². The lowest BCUT2D eigenvalue weighted by molar-refractivity contribution is 0.0527. The van der Waals surface area contributed by atoms with Crippen LogP contribution in [-0.4, -0.2) is 23.5 Å². The third-order valence-corrected chi connectivity index (χ3v) is 4.05. The van der Waals surface area contributed by atoms with Crippen LogP contribution in [0.4, 0.5) is 17.1 Å². The Labute approximate surface area is 167 Å². The summed E-state index contributed by atoms with van der Waals surface area (Å²) in [6.07, 6.45) is 1.56. The number of benzene rings is 2. The van der Waals surface area contributed by atoms with Crippen LogP contribution in [0.15, 0.2) is 66.9 Å². The zero-order chi connectivity index (χ0) is 19.9. The number of anilines is 3. The second kappa shape index (κ2) is 9.01. The Hall–Kier alpha value is -3.38. The van der Waals surface area contributed by atoms with Crippen molar-refractivity contribution < 1.29 is 14.3 Å². The van der Waals surface area contributed by atoms with Crippen molar-refractivity contribution in [3.05, 3.63) is 83.1 Å². The molecule has 6 nitrogen and oxygen atoms in total. The van der Waals surface area contributed by atoms with E-state index in [4.69, 9.17) is 16.3 Å². The molecule has 0 saturated carbocycles. The number of pyridine rings is 1. The summed E-state index contributed by atoms with van der Waals surface area (Å²) in [6.45, 7) is 1.98. The molecule has 0 spiro atoms. The number of aromatic nitrogens is 1. The van der Waals surface area contributed by atoms with Crippen molar-refractivity contribution in [1.29, 1.82) is 0 Å². The Morgan fingerprint density at radius 2 is 1.71 bits per heavy atom. The van der Waals surface area contributed by atoms with Crippen molar-refractivity contribution in [3.8, 4) is 0 Å². The number of carbonyl (C=O) groups is 2. The average Bonchev–Trinajstić information content (AvgIpc) is 2.71. The molecule has 0 radical (unpaired) electrons. The van der Waals surface area contributed by atoms with E-state index in [1.807, 2.05) is 12.1 Å². The van der Waals surface area contributed by atoms with Crippen molar-refractivity contribution in [2.75, 3.05) is 17.2 Å². The molecule has 0 aliphatic carbocycles. The quantitative estimate of drug-likeness (QED) is 0.580. The maximum atomic E-state index is 12.5. The summed E-state index contributed by atoms with van der Waals surface area (Å²) in [5.74, 6) is -0.913. The van der Waals surface area contributed by atoms with Crippen molar-refractivity contribution in [3.63, 3.8) is 0 Å². The summed E-state index contributed by atoms with van der Waals surface area (Å²) in [7, 11) is 0. The number of rotatable bonds is 6. The second-order valence-electron chi connectivity index (χ2n) is 5.78. The molecule has 0 bridgehead atoms. The van der Waals surface area contributed by atoms with Gasteiger partial charge in [0.15, 0.2) is 0 Å². The lowest BCUT2D eigenvalue weighted by atomic mass is 10.1. The fourth-order valence-electron chi connectivity index (χ4n) is 2.47. The second-order valence-corrected chi connectivity index (χ2v) is 6.22. The maximum absolute atomic E-state index is 12.5. The van der Waals surface area contributed by atoms with Gasteiger partial charge in [-0.3, -0.25) is 4.79 Å². The van der Waals surface area contributed by atoms with Gasteiger partial charge in [-0.05, 0) is 55.5 Å². The van der Waals surface area contributed by atoms with Crippen LogP contribution in [-0.2, 0) is 4.74 Å². The Morgan fingerprint density at radius 3 is 2.39 bits per heavy atom. The molecule has 0 aliphatic heterocycles. The van der Waals surface area contributed by atoms with Crippen molar-refractivity contribution in [1.82, 2.24) is 4.98 Å². The van der Waals surface area contributed by atoms with Crippen LogP contribution in [0.1, 0.15) is 27.8 Å². The first kappa shape index (κ1) is 19.4. The largest absolute Gasteiger partial charge is 0.462 e. The molecular formula is C21H18ClN3O3. The minimum Gasteiger partial charge on any atom is -0.462 e. The predicted octanol–water partition coefficient (Wildman–Crippen LogP) is 4.91. The molecule has 1 aromatic heterocycles. The summed E-state index contributed by atoms with van der Waals surface area (Å²) in [6, 6.07) is 17.3. The van der Waals surface area contributed by atoms with Gasteiger partial charge in [0.2, 0.25) is 0 Å². The highest BCUT2D eigenvalue weighted by atomic mass is 35.5. The van der Waals surface area contributed by atoms with Gasteiger partial charge in [-0.2, -0.15) is 0 Å². The Morgan fingerprint density at radius 1 is 1.00 bits per heavy atom. The number of para-hydroxylation sites is 1. The summed E-state index contributed by atoms with van der Waals surface area (Å²) in [5, 5.41) is 6.53. The molecule has 3 aromatic rings. The molecule has 1 heterocycles. The molecule has 142 valence electrons. The van der Waals surface area contributed by atoms with Gasteiger partial charge in [-0.25, -0.2) is 9.78 Å². The van der Waals surface area contributed by atoms with Crippen LogP contribution in [0, 0.1) is 0 Å². The summed E-state index contributed by atoms with van der Waals surface area (Å²) >= 11 is 5.87. The first-order valence-corrected chi connectivity index (χ1v) is 9.00. The minimum absolute atomic E-state index is 0.223. The van der Waals surface area contributed by atoms with Crippen molar-refractivity contribution >= 4 is 40.5 Å². The van der Waals surface area contributed by atoms with E-state index < -0.39 is 11.9 Å². The number of esters is 1. The van der Waals surface area contributed by atoms with Gasteiger partial charge >= 0.3 is 5.97 Å². The third-order valence-electron chi connectivity index (χ3n) is 3.80. The molecule has 0 aliphatic rings. The predicted molar refractivity (Wildman–Crippen MR) is 109 cm³/mol. The maximum Gasteiger partial charge on any atom is 0.340 e. The lowest BCUT2D eigenvalue weighted by Crippen LogP contribution is -2.17. The van der Waals surface area contributed by atoms with E-state index in [2.05, 4.69) is 15.6 Å². The number of hydrogen-bond donors (Lipinski definition) is 2. The number of nitrogens with one attached hydrogen (secondary N) is 2. The zero-order valence-electron chi connectivity index (χ0n) is 15.1. The van der Waals surface area contributed by atoms with Crippen LogP contribution >= 0.6 is 11.6 Å². The smallest absolute Gasteiger partial charge is 0.340 e. The van der Waals surface area contributed by atoms with E-state index in [-0.39, 0.29) is 12.3 Å². The van der Waals surface area contributed by atoms with E-state index >= 15 is 0 Å². The van der Waals surface area contributed by atoms with Gasteiger partial charge in [0.05, 0.1) is 29.7 Å². The van der Waals surface area contributed by atoms with Crippen LogP contribution in [0.3, 0.4) is 0 Å². The van der Waals surface area contributed by atoms with Crippen LogP contribution in [0.2, 0.25) is 5.02 Å². The number of amides is 1. The molecule has 0 saturated heterocycles. The molecule has 2 N–H and O–H groups in total. The SMILES string of the molecule is CCOC(=O)c1ccccc1NC(=O)c1ccc(Nc2ccc(Cl)cc2)cn1. The Balaban J connectivity index is 1.70. The highest BCUT2D eigenvalue weighted by Gasteiger charge is 2.15. The van der Waals surface area contributed by atoms with Crippen LogP contribution in [0.5, 0.6) is 0 Å². The molecule has 2 aromatic carbocycles. The molecule has 3 rings (SSSR count). The molecule has 0 atom stereocenters. The van der Waals surface area contributed by atoms with Gasteiger partial charge < -0.3 is 15.4 Å². The first-order valence-electron chi connectivity index (χ1n) is 8.63. The molecule has 28 heavy (non-hydrogen) atoms. The van der Waals surface area contributed by atoms with E-state index in [1.165, 1.54) is 0 Å². The fourth-order valence-corrected chi connectivity index (χ4v) is 2.59. The summed E-state index contributed by atoms with van der Waals surface area (Å²) in [5.41, 5.74) is 2.47.